The number of hydrogen-bond acceptors (Lipinski definition) is 7. The van der Waals surface area contributed by atoms with Crippen molar-refractivity contribution in [2.45, 2.75) is 69.7 Å². The molecule has 0 bridgehead atoms. The number of imidazole rings is 1. The first-order valence-electron chi connectivity index (χ1n) is 16.6. The maximum absolute atomic E-state index is 14.2. The van der Waals surface area contributed by atoms with Crippen LogP contribution in [0, 0.1) is 0 Å². The highest BCUT2D eigenvalue weighted by atomic mass is 16.2. The summed E-state index contributed by atoms with van der Waals surface area (Å²) in [5.41, 5.74) is 20.7. The van der Waals surface area contributed by atoms with Gasteiger partial charge < -0.3 is 48.0 Å². The fourth-order valence-corrected chi connectivity index (χ4v) is 6.31. The fraction of sp³-hybridized carbons (Fsp3) is 0.343. The van der Waals surface area contributed by atoms with E-state index in [0.717, 1.165) is 27.6 Å². The zero-order chi connectivity index (χ0) is 36.5. The van der Waals surface area contributed by atoms with Crippen molar-refractivity contribution >= 4 is 46.4 Å². The number of carbonyl (C=O) groups excluding carboxylic acids is 5. The van der Waals surface area contributed by atoms with Gasteiger partial charge in [-0.1, -0.05) is 42.5 Å². The Bertz CT molecular complexity index is 1900. The summed E-state index contributed by atoms with van der Waals surface area (Å²) >= 11 is 0. The topological polar surface area (TPSA) is 260 Å². The second kappa shape index (κ2) is 16.5. The van der Waals surface area contributed by atoms with Gasteiger partial charge in [0.1, 0.15) is 24.2 Å². The molecule has 2 aromatic heterocycles. The molecule has 0 unspecified atom stereocenters. The summed E-state index contributed by atoms with van der Waals surface area (Å²) in [5, 5.41) is 9.15. The van der Waals surface area contributed by atoms with Crippen LogP contribution in [0.4, 0.5) is 0 Å². The molecule has 16 nitrogen and oxygen atoms in total. The number of hydrogen-bond donors (Lipinski definition) is 8. The van der Waals surface area contributed by atoms with E-state index >= 15 is 0 Å². The second-order valence-corrected chi connectivity index (χ2v) is 12.5. The minimum atomic E-state index is -1.14. The molecule has 0 aliphatic carbocycles. The lowest BCUT2D eigenvalue weighted by atomic mass is 9.92. The van der Waals surface area contributed by atoms with Gasteiger partial charge in [-0.3, -0.25) is 29.0 Å². The predicted molar refractivity (Wildman–Crippen MR) is 189 cm³/mol. The van der Waals surface area contributed by atoms with E-state index in [4.69, 9.17) is 17.2 Å². The van der Waals surface area contributed by atoms with Crippen molar-refractivity contribution in [2.75, 3.05) is 6.54 Å². The van der Waals surface area contributed by atoms with Crippen LogP contribution in [0.15, 0.2) is 72.2 Å². The predicted octanol–water partition coefficient (Wildman–Crippen LogP) is -0.357. The van der Waals surface area contributed by atoms with Gasteiger partial charge in [-0.25, -0.2) is 4.98 Å². The third kappa shape index (κ3) is 9.29. The van der Waals surface area contributed by atoms with Crippen LogP contribution in [-0.4, -0.2) is 86.1 Å². The van der Waals surface area contributed by atoms with Crippen molar-refractivity contribution in [1.82, 2.24) is 35.8 Å². The highest BCUT2D eigenvalue weighted by Crippen LogP contribution is 2.25. The summed E-state index contributed by atoms with van der Waals surface area (Å²) in [6, 6.07) is 10.7. The molecule has 16 heteroatoms. The maximum atomic E-state index is 14.2. The number of aromatic amines is 2. The van der Waals surface area contributed by atoms with Gasteiger partial charge in [-0.15, -0.1) is 0 Å². The van der Waals surface area contributed by atoms with Gasteiger partial charge in [0.15, 0.2) is 5.96 Å². The third-order valence-corrected chi connectivity index (χ3v) is 8.83. The van der Waals surface area contributed by atoms with Gasteiger partial charge in [0.25, 0.3) is 0 Å². The normalized spacial score (nSPS) is 15.5. The van der Waals surface area contributed by atoms with E-state index in [-0.39, 0.29) is 44.7 Å². The number of para-hydroxylation sites is 1. The number of amides is 5. The minimum Gasteiger partial charge on any atom is -0.370 e. The molecule has 1 aliphatic heterocycles. The molecular formula is C35H43N11O5. The van der Waals surface area contributed by atoms with Gasteiger partial charge in [0.2, 0.25) is 29.5 Å². The summed E-state index contributed by atoms with van der Waals surface area (Å²) in [4.78, 5) is 82.5. The Morgan fingerprint density at radius 2 is 1.67 bits per heavy atom. The Morgan fingerprint density at radius 3 is 2.37 bits per heavy atom. The molecule has 5 rings (SSSR count). The van der Waals surface area contributed by atoms with E-state index in [9.17, 15) is 24.0 Å². The smallest absolute Gasteiger partial charge is 0.246 e. The molecular weight excluding hydrogens is 654 g/mol. The van der Waals surface area contributed by atoms with Crippen molar-refractivity contribution in [2.24, 2.45) is 22.2 Å². The third-order valence-electron chi connectivity index (χ3n) is 8.83. The number of nitrogens with two attached hydrogens (primary N) is 3. The van der Waals surface area contributed by atoms with Crippen LogP contribution in [0.2, 0.25) is 0 Å². The quantitative estimate of drug-likeness (QED) is 0.0461. The molecule has 0 radical (unpaired) electrons. The van der Waals surface area contributed by atoms with Gasteiger partial charge in [-0.2, -0.15) is 0 Å². The number of benzene rings is 2. The lowest BCUT2D eigenvalue weighted by molar-refractivity contribution is -0.145. The largest absolute Gasteiger partial charge is 0.370 e. The van der Waals surface area contributed by atoms with E-state index in [1.54, 1.807) is 12.4 Å². The number of guanidine groups is 1. The van der Waals surface area contributed by atoms with Crippen molar-refractivity contribution in [3.05, 3.63) is 89.6 Å². The van der Waals surface area contributed by atoms with Gasteiger partial charge in [0.05, 0.1) is 6.33 Å². The number of primary amides is 1. The van der Waals surface area contributed by atoms with Crippen LogP contribution in [0.3, 0.4) is 0 Å². The molecule has 4 atom stereocenters. The Morgan fingerprint density at radius 1 is 0.922 bits per heavy atom. The average Bonchev–Trinajstić information content (AvgIpc) is 3.77. The summed E-state index contributed by atoms with van der Waals surface area (Å²) in [5.74, 6) is -2.99. The van der Waals surface area contributed by atoms with E-state index in [1.807, 2.05) is 48.5 Å². The van der Waals surface area contributed by atoms with Crippen LogP contribution >= 0.6 is 0 Å². The Hall–Kier alpha value is -6.19. The molecule has 4 aromatic rings. The van der Waals surface area contributed by atoms with Gasteiger partial charge in [0, 0.05) is 68.3 Å². The molecule has 0 saturated carbocycles. The lowest BCUT2D eigenvalue weighted by Gasteiger charge is -2.38. The van der Waals surface area contributed by atoms with Crippen LogP contribution in [0.25, 0.3) is 10.9 Å². The maximum Gasteiger partial charge on any atom is 0.246 e. The lowest BCUT2D eigenvalue weighted by Crippen LogP contribution is -2.60. The molecule has 268 valence electrons. The molecule has 5 amide bonds. The molecule has 3 heterocycles. The standard InChI is InChI=1S/C35H43N11O5/c1-20(47)43-29(15-24-17-39-19-42-24)34(51)46-18-22-8-3-2-7-21(22)14-30(46)33(50)44-27(11-6-12-40-35(37)38)32(49)45-28(31(36)48)13-23-16-41-26-10-5-4-9-25(23)26/h2-5,7-10,16-17,19,27-30,41H,6,11-15,18H2,1H3,(H2,36,48)(H,39,42)(H,43,47)(H,44,50)(H,45,49)(H4,37,38,40)/t27-,28-,29-,30+/m0/s1. The fourth-order valence-electron chi connectivity index (χ4n) is 6.31. The highest BCUT2D eigenvalue weighted by molar-refractivity contribution is 5.96. The second-order valence-electron chi connectivity index (χ2n) is 12.5. The molecule has 51 heavy (non-hydrogen) atoms. The van der Waals surface area contributed by atoms with Gasteiger partial charge >= 0.3 is 0 Å². The number of nitrogens with zero attached hydrogens (tertiary/aromatic N) is 3. The summed E-state index contributed by atoms with van der Waals surface area (Å²) in [6.07, 6.45) is 5.60. The number of aromatic nitrogens is 3. The molecule has 1 aliphatic rings. The number of rotatable bonds is 15. The van der Waals surface area contributed by atoms with Crippen molar-refractivity contribution < 1.29 is 24.0 Å². The minimum absolute atomic E-state index is 0.0991. The number of H-pyrrole nitrogens is 2. The summed E-state index contributed by atoms with van der Waals surface area (Å²) in [6.45, 7) is 1.60. The van der Waals surface area contributed by atoms with Crippen molar-refractivity contribution in [3.63, 3.8) is 0 Å². The molecule has 0 saturated heterocycles. The first-order chi connectivity index (χ1) is 24.5. The average molecular weight is 698 g/mol. The first-order valence-corrected chi connectivity index (χ1v) is 16.6. The molecule has 0 fully saturated rings. The van der Waals surface area contributed by atoms with E-state index in [1.165, 1.54) is 18.2 Å². The summed E-state index contributed by atoms with van der Waals surface area (Å²) < 4.78 is 0. The number of carbonyl (C=O) groups is 5. The van der Waals surface area contributed by atoms with E-state index in [2.05, 4.69) is 35.9 Å². The Kier molecular flexibility index (Phi) is 11.7. The highest BCUT2D eigenvalue weighted by Gasteiger charge is 2.39. The van der Waals surface area contributed by atoms with Crippen LogP contribution < -0.4 is 33.2 Å². The molecule has 2 aromatic carbocycles. The van der Waals surface area contributed by atoms with E-state index in [0.29, 0.717) is 12.1 Å². The number of fused-ring (bicyclic) bond motifs is 2. The van der Waals surface area contributed by atoms with Gasteiger partial charge in [-0.05, 0) is 35.6 Å². The monoisotopic (exact) mass is 697 g/mol. The number of aliphatic imine (C=N–C) groups is 1. The van der Waals surface area contributed by atoms with Crippen LogP contribution in [0.1, 0.15) is 42.1 Å². The Balaban J connectivity index is 1.39. The van der Waals surface area contributed by atoms with Crippen LogP contribution in [0.5, 0.6) is 0 Å². The zero-order valence-electron chi connectivity index (χ0n) is 28.2. The summed E-state index contributed by atoms with van der Waals surface area (Å²) in [7, 11) is 0. The van der Waals surface area contributed by atoms with E-state index < -0.39 is 53.7 Å². The van der Waals surface area contributed by atoms with Crippen molar-refractivity contribution in [1.29, 1.82) is 0 Å². The van der Waals surface area contributed by atoms with Crippen molar-refractivity contribution in [3.8, 4) is 0 Å². The zero-order valence-corrected chi connectivity index (χ0v) is 28.2. The SMILES string of the molecule is CC(=O)N[C@@H](Cc1cnc[nH]1)C(=O)N1Cc2ccccc2C[C@@H]1C(=O)N[C@@H](CCCN=C(N)N)C(=O)N[C@@H](Cc1c[nH]c2ccccc12)C(N)=O. The Labute approximate surface area is 294 Å². The molecule has 11 N–H and O–H groups in total. The van der Waals surface area contributed by atoms with Crippen LogP contribution in [-0.2, 0) is 49.8 Å². The first kappa shape index (κ1) is 36.1. The molecule has 0 spiro atoms. The number of nitrogens with one attached hydrogen (secondary N) is 5.